The van der Waals surface area contributed by atoms with Crippen LogP contribution >= 0.6 is 0 Å². The molecular weight excluding hydrogens is 262 g/mol. The summed E-state index contributed by atoms with van der Waals surface area (Å²) >= 11 is 0. The molecule has 1 N–H and O–H groups in total. The summed E-state index contributed by atoms with van der Waals surface area (Å²) in [6, 6.07) is 16.9. The molecule has 2 rings (SSSR count). The summed E-state index contributed by atoms with van der Waals surface area (Å²) in [7, 11) is 5.37. The fraction of sp³-hybridized carbons (Fsp3) is 0.333. The van der Waals surface area contributed by atoms with E-state index in [-0.39, 0.29) is 0 Å². The van der Waals surface area contributed by atoms with Gasteiger partial charge in [-0.25, -0.2) is 0 Å². The number of nitrogens with one attached hydrogen (secondary N) is 1. The summed E-state index contributed by atoms with van der Waals surface area (Å²) < 4.78 is 10.7. The van der Waals surface area contributed by atoms with Gasteiger partial charge in [-0.3, -0.25) is 0 Å². The van der Waals surface area contributed by atoms with Crippen molar-refractivity contribution in [3.8, 4) is 11.5 Å². The van der Waals surface area contributed by atoms with Gasteiger partial charge in [0.25, 0.3) is 0 Å². The van der Waals surface area contributed by atoms with E-state index < -0.39 is 0 Å². The van der Waals surface area contributed by atoms with Gasteiger partial charge >= 0.3 is 0 Å². The van der Waals surface area contributed by atoms with E-state index in [2.05, 4.69) is 35.6 Å². The predicted octanol–water partition coefficient (Wildman–Crippen LogP) is 3.60. The molecule has 0 saturated heterocycles. The maximum Gasteiger partial charge on any atom is 0.125 e. The molecule has 112 valence electrons. The van der Waals surface area contributed by atoms with Gasteiger partial charge in [0.15, 0.2) is 0 Å². The predicted molar refractivity (Wildman–Crippen MR) is 86.1 cm³/mol. The molecule has 3 nitrogen and oxygen atoms in total. The Morgan fingerprint density at radius 3 is 2.38 bits per heavy atom. The van der Waals surface area contributed by atoms with Crippen molar-refractivity contribution in [1.29, 1.82) is 0 Å². The second-order valence-corrected chi connectivity index (χ2v) is 4.97. The molecule has 0 bridgehead atoms. The fourth-order valence-corrected chi connectivity index (χ4v) is 2.52. The molecular formula is C18H23NO2. The number of hydrogen-bond donors (Lipinski definition) is 1. The van der Waals surface area contributed by atoms with Gasteiger partial charge < -0.3 is 14.8 Å². The highest BCUT2D eigenvalue weighted by Gasteiger charge is 2.11. The second kappa shape index (κ2) is 7.70. The fourth-order valence-electron chi connectivity index (χ4n) is 2.52. The standard InChI is InChI=1S/C18H23NO2/c1-19-17(14-7-5-4-6-8-14)12-10-15-9-11-16(20-2)13-18(15)21-3/h4-9,11,13,17,19H,10,12H2,1-3H3. The maximum atomic E-state index is 5.46. The Balaban J connectivity index is 2.08. The number of rotatable bonds is 7. The van der Waals surface area contributed by atoms with Crippen molar-refractivity contribution in [1.82, 2.24) is 5.32 Å². The van der Waals surface area contributed by atoms with Crippen molar-refractivity contribution in [2.24, 2.45) is 0 Å². The molecule has 0 fully saturated rings. The van der Waals surface area contributed by atoms with Gasteiger partial charge in [-0.05, 0) is 37.1 Å². The molecule has 1 atom stereocenters. The van der Waals surface area contributed by atoms with E-state index in [4.69, 9.17) is 9.47 Å². The Morgan fingerprint density at radius 1 is 1.00 bits per heavy atom. The smallest absolute Gasteiger partial charge is 0.125 e. The van der Waals surface area contributed by atoms with Gasteiger partial charge in [-0.1, -0.05) is 36.4 Å². The molecule has 2 aromatic carbocycles. The SMILES string of the molecule is CNC(CCc1ccc(OC)cc1OC)c1ccccc1. The van der Waals surface area contributed by atoms with Crippen LogP contribution in [0.3, 0.4) is 0 Å². The summed E-state index contributed by atoms with van der Waals surface area (Å²) in [6.07, 6.45) is 1.97. The first-order valence-corrected chi connectivity index (χ1v) is 7.21. The molecule has 0 aliphatic carbocycles. The van der Waals surface area contributed by atoms with E-state index in [1.165, 1.54) is 11.1 Å². The van der Waals surface area contributed by atoms with E-state index in [0.29, 0.717) is 6.04 Å². The zero-order valence-electron chi connectivity index (χ0n) is 12.9. The van der Waals surface area contributed by atoms with Crippen molar-refractivity contribution in [3.05, 3.63) is 59.7 Å². The molecule has 0 radical (unpaired) electrons. The minimum atomic E-state index is 0.345. The quantitative estimate of drug-likeness (QED) is 0.843. The van der Waals surface area contributed by atoms with E-state index in [1.807, 2.05) is 25.2 Å². The third kappa shape index (κ3) is 3.99. The highest BCUT2D eigenvalue weighted by atomic mass is 16.5. The minimum Gasteiger partial charge on any atom is -0.497 e. The van der Waals surface area contributed by atoms with Gasteiger partial charge in [0, 0.05) is 12.1 Å². The highest BCUT2D eigenvalue weighted by molar-refractivity contribution is 5.41. The number of benzene rings is 2. The molecule has 0 aliphatic rings. The Bertz CT molecular complexity index is 554. The molecule has 0 aromatic heterocycles. The molecule has 0 amide bonds. The Labute approximate surface area is 126 Å². The molecule has 3 heteroatoms. The zero-order chi connectivity index (χ0) is 15.1. The topological polar surface area (TPSA) is 30.5 Å². The van der Waals surface area contributed by atoms with Gasteiger partial charge in [-0.2, -0.15) is 0 Å². The van der Waals surface area contributed by atoms with Crippen LogP contribution in [0.1, 0.15) is 23.6 Å². The van der Waals surface area contributed by atoms with E-state index >= 15 is 0 Å². The van der Waals surface area contributed by atoms with Crippen LogP contribution in [0.25, 0.3) is 0 Å². The number of ether oxygens (including phenoxy) is 2. The van der Waals surface area contributed by atoms with Crippen LogP contribution < -0.4 is 14.8 Å². The molecule has 0 aliphatic heterocycles. The van der Waals surface area contributed by atoms with Crippen molar-refractivity contribution >= 4 is 0 Å². The Hall–Kier alpha value is -2.00. The summed E-state index contributed by atoms with van der Waals surface area (Å²) in [6.45, 7) is 0. The number of aryl methyl sites for hydroxylation is 1. The summed E-state index contributed by atoms with van der Waals surface area (Å²) in [5, 5.41) is 3.38. The van der Waals surface area contributed by atoms with Crippen LogP contribution in [0.4, 0.5) is 0 Å². The lowest BCUT2D eigenvalue weighted by atomic mass is 9.98. The lowest BCUT2D eigenvalue weighted by Crippen LogP contribution is -2.17. The normalized spacial score (nSPS) is 12.0. The molecule has 0 spiro atoms. The molecule has 1 unspecified atom stereocenters. The second-order valence-electron chi connectivity index (χ2n) is 4.97. The van der Waals surface area contributed by atoms with Crippen LogP contribution in [-0.2, 0) is 6.42 Å². The summed E-state index contributed by atoms with van der Waals surface area (Å²) in [5.74, 6) is 1.71. The zero-order valence-corrected chi connectivity index (χ0v) is 12.9. The number of hydrogen-bond acceptors (Lipinski definition) is 3. The van der Waals surface area contributed by atoms with Gasteiger partial charge in [0.05, 0.1) is 14.2 Å². The van der Waals surface area contributed by atoms with Crippen LogP contribution in [0.5, 0.6) is 11.5 Å². The average Bonchev–Trinajstić information content (AvgIpc) is 2.56. The molecule has 2 aromatic rings. The third-order valence-corrected chi connectivity index (χ3v) is 3.75. The van der Waals surface area contributed by atoms with Gasteiger partial charge in [0.2, 0.25) is 0 Å². The van der Waals surface area contributed by atoms with Crippen molar-refractivity contribution in [3.63, 3.8) is 0 Å². The molecule has 21 heavy (non-hydrogen) atoms. The Kier molecular flexibility index (Phi) is 5.64. The van der Waals surface area contributed by atoms with Crippen molar-refractivity contribution in [2.45, 2.75) is 18.9 Å². The third-order valence-electron chi connectivity index (χ3n) is 3.75. The first kappa shape index (κ1) is 15.4. The lowest BCUT2D eigenvalue weighted by Gasteiger charge is -2.17. The molecule has 0 saturated carbocycles. The van der Waals surface area contributed by atoms with Crippen LogP contribution in [0.2, 0.25) is 0 Å². The van der Waals surface area contributed by atoms with Crippen LogP contribution in [0, 0.1) is 0 Å². The highest BCUT2D eigenvalue weighted by Crippen LogP contribution is 2.27. The monoisotopic (exact) mass is 285 g/mol. The van der Waals surface area contributed by atoms with Crippen molar-refractivity contribution in [2.75, 3.05) is 21.3 Å². The summed E-state index contributed by atoms with van der Waals surface area (Å²) in [5.41, 5.74) is 2.52. The molecule has 0 heterocycles. The van der Waals surface area contributed by atoms with Crippen LogP contribution in [-0.4, -0.2) is 21.3 Å². The average molecular weight is 285 g/mol. The van der Waals surface area contributed by atoms with Gasteiger partial charge in [-0.15, -0.1) is 0 Å². The first-order chi connectivity index (χ1) is 10.3. The van der Waals surface area contributed by atoms with Crippen LogP contribution in [0.15, 0.2) is 48.5 Å². The summed E-state index contributed by atoms with van der Waals surface area (Å²) in [4.78, 5) is 0. The van der Waals surface area contributed by atoms with Crippen molar-refractivity contribution < 1.29 is 9.47 Å². The van der Waals surface area contributed by atoms with Gasteiger partial charge in [0.1, 0.15) is 11.5 Å². The minimum absolute atomic E-state index is 0.345. The number of methoxy groups -OCH3 is 2. The van der Waals surface area contributed by atoms with E-state index in [0.717, 1.165) is 24.3 Å². The largest absolute Gasteiger partial charge is 0.497 e. The van der Waals surface area contributed by atoms with E-state index in [9.17, 15) is 0 Å². The maximum absolute atomic E-state index is 5.46. The first-order valence-electron chi connectivity index (χ1n) is 7.21. The van der Waals surface area contributed by atoms with E-state index in [1.54, 1.807) is 14.2 Å². The lowest BCUT2D eigenvalue weighted by molar-refractivity contribution is 0.389. The Morgan fingerprint density at radius 2 is 1.76 bits per heavy atom.